The van der Waals surface area contributed by atoms with E-state index in [0.29, 0.717) is 0 Å². The second-order valence-electron chi connectivity index (χ2n) is 2.37. The van der Waals surface area contributed by atoms with Crippen LogP contribution < -0.4 is 0 Å². The Morgan fingerprint density at radius 1 is 1.54 bits per heavy atom. The Balaban J connectivity index is 2.96. The van der Waals surface area contributed by atoms with Crippen LogP contribution in [0.5, 0.6) is 0 Å². The summed E-state index contributed by atoms with van der Waals surface area (Å²) in [4.78, 5) is 10.6. The zero-order chi connectivity index (χ0) is 10.1. The number of hydrogen-bond acceptors (Lipinski definition) is 1. The van der Waals surface area contributed by atoms with Crippen LogP contribution in [0.4, 0.5) is 18.0 Å². The highest BCUT2D eigenvalue weighted by atomic mass is 19.4. The van der Waals surface area contributed by atoms with E-state index < -0.39 is 18.0 Å². The molecule has 3 nitrogen and oxygen atoms in total. The summed E-state index contributed by atoms with van der Waals surface area (Å²) < 4.78 is 36.4. The molecule has 0 fully saturated rings. The fourth-order valence-corrected chi connectivity index (χ4v) is 0.942. The summed E-state index contributed by atoms with van der Waals surface area (Å²) in [6, 6.07) is 0. The molecule has 1 amide bonds. The first-order chi connectivity index (χ1) is 5.93. The van der Waals surface area contributed by atoms with Crippen LogP contribution in [0.15, 0.2) is 23.9 Å². The quantitative estimate of drug-likeness (QED) is 0.639. The van der Waals surface area contributed by atoms with Crippen LogP contribution in [0, 0.1) is 0 Å². The molecule has 13 heavy (non-hydrogen) atoms. The Morgan fingerprint density at radius 2 is 2.15 bits per heavy atom. The summed E-state index contributed by atoms with van der Waals surface area (Å²) in [5.41, 5.74) is -1.15. The van der Waals surface area contributed by atoms with Crippen LogP contribution >= 0.6 is 0 Å². The van der Waals surface area contributed by atoms with Crippen LogP contribution in [0.2, 0.25) is 0 Å². The summed E-state index contributed by atoms with van der Waals surface area (Å²) in [5.74, 6) is 0. The van der Waals surface area contributed by atoms with Gasteiger partial charge >= 0.3 is 12.3 Å². The van der Waals surface area contributed by atoms with Crippen LogP contribution in [-0.4, -0.2) is 28.8 Å². The van der Waals surface area contributed by atoms with Crippen molar-refractivity contribution in [2.45, 2.75) is 6.18 Å². The first-order valence-corrected chi connectivity index (χ1v) is 3.37. The molecule has 0 spiro atoms. The van der Waals surface area contributed by atoms with Crippen molar-refractivity contribution in [1.82, 2.24) is 4.90 Å². The molecular formula is C7H6F3NO2. The number of nitrogens with zero attached hydrogens (tertiary/aromatic N) is 1. The van der Waals surface area contributed by atoms with Gasteiger partial charge < -0.3 is 5.11 Å². The van der Waals surface area contributed by atoms with Gasteiger partial charge in [0.15, 0.2) is 0 Å². The number of hydrogen-bond donors (Lipinski definition) is 1. The molecule has 1 N–H and O–H groups in total. The van der Waals surface area contributed by atoms with Gasteiger partial charge in [-0.3, -0.25) is 4.90 Å². The maximum atomic E-state index is 12.1. The largest absolute Gasteiger partial charge is 0.465 e. The average molecular weight is 193 g/mol. The molecule has 1 aliphatic heterocycles. The van der Waals surface area contributed by atoms with Crippen LogP contribution in [-0.2, 0) is 0 Å². The molecule has 1 heterocycles. The lowest BCUT2D eigenvalue weighted by Gasteiger charge is -2.24. The summed E-state index contributed by atoms with van der Waals surface area (Å²) >= 11 is 0. The minimum atomic E-state index is -4.62. The van der Waals surface area contributed by atoms with Crippen LogP contribution in [0.1, 0.15) is 0 Å². The lowest BCUT2D eigenvalue weighted by atomic mass is 10.2. The summed E-state index contributed by atoms with van der Waals surface area (Å²) in [6.45, 7) is -0.263. The van der Waals surface area contributed by atoms with Crippen molar-refractivity contribution in [3.8, 4) is 0 Å². The highest BCUT2D eigenvalue weighted by Gasteiger charge is 2.40. The van der Waals surface area contributed by atoms with Crippen molar-refractivity contribution >= 4 is 6.09 Å². The molecule has 0 saturated carbocycles. The normalized spacial score (nSPS) is 17.2. The minimum absolute atomic E-state index is 0.250. The first kappa shape index (κ1) is 9.63. The molecule has 1 aliphatic rings. The second-order valence-corrected chi connectivity index (χ2v) is 2.37. The van der Waals surface area contributed by atoms with Crippen molar-refractivity contribution < 1.29 is 23.1 Å². The Bertz CT molecular complexity index is 280. The number of carbonyl (C=O) groups is 1. The Kier molecular flexibility index (Phi) is 2.31. The average Bonchev–Trinajstić information content (AvgIpc) is 2.03. The molecule has 6 heteroatoms. The highest BCUT2D eigenvalue weighted by molar-refractivity contribution is 5.68. The molecule has 72 valence electrons. The van der Waals surface area contributed by atoms with Crippen LogP contribution in [0.25, 0.3) is 0 Å². The highest BCUT2D eigenvalue weighted by Crippen LogP contribution is 2.29. The van der Waals surface area contributed by atoms with Gasteiger partial charge in [0.1, 0.15) is 5.70 Å². The third-order valence-corrected chi connectivity index (χ3v) is 1.49. The smallest absolute Gasteiger partial charge is 0.431 e. The number of carboxylic acid groups (broad SMARTS) is 1. The molecule has 1 rings (SSSR count). The fraction of sp³-hybridized carbons (Fsp3) is 0.286. The lowest BCUT2D eigenvalue weighted by molar-refractivity contribution is -0.108. The first-order valence-electron chi connectivity index (χ1n) is 3.37. The zero-order valence-electron chi connectivity index (χ0n) is 6.38. The monoisotopic (exact) mass is 193 g/mol. The van der Waals surface area contributed by atoms with Gasteiger partial charge in [-0.25, -0.2) is 4.79 Å². The lowest BCUT2D eigenvalue weighted by Crippen LogP contribution is -2.37. The van der Waals surface area contributed by atoms with E-state index in [-0.39, 0.29) is 11.4 Å². The van der Waals surface area contributed by atoms with E-state index in [1.165, 1.54) is 12.2 Å². The molecular weight excluding hydrogens is 187 g/mol. The summed E-state index contributed by atoms with van der Waals surface area (Å²) in [5, 5.41) is 8.42. The van der Waals surface area contributed by atoms with E-state index in [4.69, 9.17) is 5.11 Å². The zero-order valence-corrected chi connectivity index (χ0v) is 6.38. The number of halogens is 3. The molecule has 0 aromatic heterocycles. The molecule has 0 unspecified atom stereocenters. The molecule has 0 aliphatic carbocycles. The third kappa shape index (κ3) is 2.01. The topological polar surface area (TPSA) is 40.5 Å². The molecule has 0 bridgehead atoms. The van der Waals surface area contributed by atoms with Gasteiger partial charge in [0, 0.05) is 6.54 Å². The van der Waals surface area contributed by atoms with Gasteiger partial charge in [-0.1, -0.05) is 12.2 Å². The molecule has 0 atom stereocenters. The van der Waals surface area contributed by atoms with E-state index in [9.17, 15) is 18.0 Å². The van der Waals surface area contributed by atoms with Crippen molar-refractivity contribution in [3.05, 3.63) is 23.9 Å². The number of allylic oxidation sites excluding steroid dienone is 3. The molecule has 0 radical (unpaired) electrons. The van der Waals surface area contributed by atoms with E-state index in [1.54, 1.807) is 0 Å². The van der Waals surface area contributed by atoms with Gasteiger partial charge in [0.2, 0.25) is 0 Å². The standard InChI is InChI=1S/C7H6F3NO2/c8-7(9,10)5-3-1-2-4-11(5)6(12)13/h1-3H,4H2,(H,12,13). The van der Waals surface area contributed by atoms with Crippen molar-refractivity contribution in [2.24, 2.45) is 0 Å². The van der Waals surface area contributed by atoms with Gasteiger partial charge in [0.05, 0.1) is 0 Å². The number of alkyl halides is 3. The van der Waals surface area contributed by atoms with Crippen molar-refractivity contribution in [1.29, 1.82) is 0 Å². The van der Waals surface area contributed by atoms with Crippen molar-refractivity contribution in [3.63, 3.8) is 0 Å². The van der Waals surface area contributed by atoms with Gasteiger partial charge in [0.25, 0.3) is 0 Å². The number of rotatable bonds is 0. The number of amides is 1. The summed E-state index contributed by atoms with van der Waals surface area (Å²) in [7, 11) is 0. The van der Waals surface area contributed by atoms with Crippen molar-refractivity contribution in [2.75, 3.05) is 6.54 Å². The third-order valence-electron chi connectivity index (χ3n) is 1.49. The minimum Gasteiger partial charge on any atom is -0.465 e. The fourth-order valence-electron chi connectivity index (χ4n) is 0.942. The Labute approximate surface area is 71.8 Å². The van der Waals surface area contributed by atoms with E-state index in [0.717, 1.165) is 6.08 Å². The molecule has 0 aromatic rings. The molecule has 0 aromatic carbocycles. The van der Waals surface area contributed by atoms with Gasteiger partial charge in [-0.15, -0.1) is 0 Å². The predicted octanol–water partition coefficient (Wildman–Crippen LogP) is 1.98. The van der Waals surface area contributed by atoms with E-state index in [2.05, 4.69) is 0 Å². The SMILES string of the molecule is O=C(O)N1CC=CC=C1C(F)(F)F. The van der Waals surface area contributed by atoms with Crippen LogP contribution in [0.3, 0.4) is 0 Å². The molecule has 0 saturated heterocycles. The Hall–Kier alpha value is -1.46. The van der Waals surface area contributed by atoms with Gasteiger partial charge in [-0.2, -0.15) is 13.2 Å². The second kappa shape index (κ2) is 3.12. The predicted molar refractivity (Wildman–Crippen MR) is 38.0 cm³/mol. The maximum absolute atomic E-state index is 12.1. The maximum Gasteiger partial charge on any atom is 0.431 e. The summed E-state index contributed by atoms with van der Waals surface area (Å²) in [6.07, 6.45) is -2.97. The Morgan fingerprint density at radius 3 is 2.54 bits per heavy atom. The van der Waals surface area contributed by atoms with Gasteiger partial charge in [-0.05, 0) is 6.08 Å². The van der Waals surface area contributed by atoms with E-state index in [1.807, 2.05) is 0 Å². The van der Waals surface area contributed by atoms with E-state index >= 15 is 0 Å².